The zero-order chi connectivity index (χ0) is 16.1. The molecule has 1 heterocycles. The number of hydrogen-bond donors (Lipinski definition) is 1. The van der Waals surface area contributed by atoms with Crippen LogP contribution in [0.5, 0.6) is 0 Å². The average molecular weight is 416 g/mol. The smallest absolute Gasteiger partial charge is 0.356 e. The molecule has 0 aliphatic carbocycles. The van der Waals surface area contributed by atoms with Crippen molar-refractivity contribution in [3.63, 3.8) is 0 Å². The third-order valence-corrected chi connectivity index (χ3v) is 4.16. The van der Waals surface area contributed by atoms with Crippen LogP contribution in [0.4, 0.5) is 0 Å². The summed E-state index contributed by atoms with van der Waals surface area (Å²) >= 11 is 1.99. The Kier molecular flexibility index (Phi) is 5.58. The van der Waals surface area contributed by atoms with E-state index in [9.17, 15) is 14.7 Å². The van der Waals surface area contributed by atoms with E-state index in [1.54, 1.807) is 24.3 Å². The summed E-state index contributed by atoms with van der Waals surface area (Å²) in [5.41, 5.74) is 9.18. The van der Waals surface area contributed by atoms with Crippen molar-refractivity contribution >= 4 is 34.5 Å². The number of aliphatic hydroxyl groups is 1. The van der Waals surface area contributed by atoms with Crippen molar-refractivity contribution in [1.29, 1.82) is 0 Å². The van der Waals surface area contributed by atoms with E-state index in [1.165, 1.54) is 0 Å². The van der Waals surface area contributed by atoms with Crippen molar-refractivity contribution in [2.45, 2.75) is 24.9 Å². The van der Waals surface area contributed by atoms with E-state index in [4.69, 9.17) is 10.3 Å². The van der Waals surface area contributed by atoms with Gasteiger partial charge in [0.05, 0.1) is 6.04 Å². The van der Waals surface area contributed by atoms with Gasteiger partial charge in [0.1, 0.15) is 12.6 Å². The number of benzene rings is 1. The van der Waals surface area contributed by atoms with E-state index in [2.05, 4.69) is 10.0 Å². The number of esters is 1. The molecule has 0 aromatic heterocycles. The van der Waals surface area contributed by atoms with Crippen LogP contribution in [-0.4, -0.2) is 44.6 Å². The van der Waals surface area contributed by atoms with Gasteiger partial charge in [0, 0.05) is 9.34 Å². The zero-order valence-corrected chi connectivity index (χ0v) is 13.5. The fourth-order valence-electron chi connectivity index (χ4n) is 2.11. The Morgan fingerprint density at radius 1 is 1.50 bits per heavy atom. The molecule has 9 heteroatoms. The van der Waals surface area contributed by atoms with Gasteiger partial charge >= 0.3 is 5.97 Å². The van der Waals surface area contributed by atoms with Crippen LogP contribution in [0.15, 0.2) is 35.4 Å². The van der Waals surface area contributed by atoms with Gasteiger partial charge in [-0.05, 0) is 11.1 Å². The monoisotopic (exact) mass is 416 g/mol. The second kappa shape index (κ2) is 7.43. The van der Waals surface area contributed by atoms with E-state index in [-0.39, 0.29) is 6.61 Å². The maximum absolute atomic E-state index is 11.9. The zero-order valence-electron chi connectivity index (χ0n) is 11.4. The summed E-state index contributed by atoms with van der Waals surface area (Å²) in [6, 6.07) is 7.60. The molecule has 0 spiro atoms. The maximum atomic E-state index is 11.9. The van der Waals surface area contributed by atoms with Gasteiger partial charge in [0.15, 0.2) is 0 Å². The van der Waals surface area contributed by atoms with Crippen LogP contribution < -0.4 is 0 Å². The first-order valence-corrected chi connectivity index (χ1v) is 7.93. The normalized spacial score (nSPS) is 21.5. The van der Waals surface area contributed by atoms with Crippen LogP contribution in [0.3, 0.4) is 0 Å². The van der Waals surface area contributed by atoms with Gasteiger partial charge in [-0.1, -0.05) is 58.0 Å². The lowest BCUT2D eigenvalue weighted by Crippen LogP contribution is -2.69. The van der Waals surface area contributed by atoms with Gasteiger partial charge in [-0.15, -0.1) is 0 Å². The topological polar surface area (TPSA) is 116 Å². The fourth-order valence-corrected chi connectivity index (χ4v) is 3.02. The molecule has 1 fully saturated rings. The molecule has 1 aliphatic rings. The lowest BCUT2D eigenvalue weighted by atomic mass is 9.97. The first-order valence-electron chi connectivity index (χ1n) is 6.41. The summed E-state index contributed by atoms with van der Waals surface area (Å²) in [6.45, 7) is 0.00738. The highest BCUT2D eigenvalue weighted by atomic mass is 127. The molecule has 1 unspecified atom stereocenters. The minimum Gasteiger partial charge on any atom is -0.457 e. The summed E-state index contributed by atoms with van der Waals surface area (Å²) in [4.78, 5) is 27.3. The molecule has 0 bridgehead atoms. The molecule has 1 aromatic rings. The number of azide groups is 1. The van der Waals surface area contributed by atoms with Crippen LogP contribution in [0.2, 0.25) is 0 Å². The van der Waals surface area contributed by atoms with E-state index < -0.39 is 30.2 Å². The van der Waals surface area contributed by atoms with Crippen molar-refractivity contribution in [3.8, 4) is 0 Å². The van der Waals surface area contributed by atoms with Gasteiger partial charge in [0.2, 0.25) is 12.1 Å². The lowest BCUT2D eigenvalue weighted by molar-refractivity contribution is -0.185. The fraction of sp³-hybridized carbons (Fsp3) is 0.385. The number of nitrogens with zero attached hydrogens (tertiary/aromatic N) is 4. The molecular weight excluding hydrogens is 403 g/mol. The third kappa shape index (κ3) is 3.32. The van der Waals surface area contributed by atoms with Crippen LogP contribution in [-0.2, 0) is 20.9 Å². The molecule has 0 radical (unpaired) electrons. The molecule has 1 N–H and O–H groups in total. The van der Waals surface area contributed by atoms with Crippen molar-refractivity contribution < 1.29 is 19.4 Å². The van der Waals surface area contributed by atoms with Crippen molar-refractivity contribution in [2.75, 3.05) is 4.43 Å². The SMILES string of the molecule is [N-]=[N+]=N[C@H]1C(=O)N(C(O)C(=O)OCc2ccccc2)[C@H]1CI. The number of hydrogen-bond acceptors (Lipinski definition) is 5. The first-order chi connectivity index (χ1) is 10.6. The van der Waals surface area contributed by atoms with Gasteiger partial charge < -0.3 is 14.7 Å². The van der Waals surface area contributed by atoms with E-state index >= 15 is 0 Å². The number of amides is 1. The quantitative estimate of drug-likeness (QED) is 0.143. The Bertz CT molecular complexity index is 605. The Labute approximate surface area is 139 Å². The maximum Gasteiger partial charge on any atom is 0.356 e. The minimum absolute atomic E-state index is 0.00738. The second-order valence-corrected chi connectivity index (χ2v) is 5.46. The summed E-state index contributed by atoms with van der Waals surface area (Å²) < 4.78 is 5.42. The number of halogens is 1. The lowest BCUT2D eigenvalue weighted by Gasteiger charge is -2.45. The highest BCUT2D eigenvalue weighted by Crippen LogP contribution is 2.27. The standard InChI is InChI=1S/C13H13IN4O4/c14-6-9-10(16-17-15)11(19)18(9)12(20)13(21)22-7-8-4-2-1-3-5-8/h1-5,9-10,12,20H,6-7H2/t9-,10+,12?/m0/s1. The molecule has 116 valence electrons. The number of ether oxygens (including phenoxy) is 1. The number of carbonyl (C=O) groups is 2. The summed E-state index contributed by atoms with van der Waals surface area (Å²) in [5, 5.41) is 13.3. The summed E-state index contributed by atoms with van der Waals surface area (Å²) in [6.07, 6.45) is -1.69. The molecule has 1 aromatic carbocycles. The first kappa shape index (κ1) is 16.5. The predicted molar refractivity (Wildman–Crippen MR) is 84.7 cm³/mol. The number of aliphatic hydroxyl groups excluding tert-OH is 1. The van der Waals surface area contributed by atoms with Crippen molar-refractivity contribution in [3.05, 3.63) is 46.3 Å². The van der Waals surface area contributed by atoms with Crippen molar-refractivity contribution in [2.24, 2.45) is 5.11 Å². The molecular formula is C13H13IN4O4. The molecule has 1 aliphatic heterocycles. The largest absolute Gasteiger partial charge is 0.457 e. The highest BCUT2D eigenvalue weighted by Gasteiger charge is 2.51. The van der Waals surface area contributed by atoms with Crippen LogP contribution in [0.1, 0.15) is 5.56 Å². The molecule has 8 nitrogen and oxygen atoms in total. The molecule has 22 heavy (non-hydrogen) atoms. The number of likely N-dealkylation sites (tertiary alicyclic amines) is 1. The molecule has 1 saturated heterocycles. The third-order valence-electron chi connectivity index (χ3n) is 3.26. The predicted octanol–water partition coefficient (Wildman–Crippen LogP) is 1.37. The van der Waals surface area contributed by atoms with E-state index in [0.717, 1.165) is 10.5 Å². The minimum atomic E-state index is -1.69. The molecule has 3 atom stereocenters. The van der Waals surface area contributed by atoms with Gasteiger partial charge in [-0.25, -0.2) is 4.79 Å². The molecule has 1 amide bonds. The Morgan fingerprint density at radius 3 is 2.77 bits per heavy atom. The Hall–Kier alpha value is -1.84. The molecule has 2 rings (SSSR count). The van der Waals surface area contributed by atoms with E-state index in [0.29, 0.717) is 4.43 Å². The number of rotatable bonds is 6. The van der Waals surface area contributed by atoms with Crippen LogP contribution in [0, 0.1) is 0 Å². The Morgan fingerprint density at radius 2 is 2.18 bits per heavy atom. The van der Waals surface area contributed by atoms with Gasteiger partial charge in [-0.2, -0.15) is 0 Å². The molecule has 0 saturated carbocycles. The van der Waals surface area contributed by atoms with Gasteiger partial charge in [0.25, 0.3) is 0 Å². The van der Waals surface area contributed by atoms with E-state index in [1.807, 2.05) is 28.7 Å². The van der Waals surface area contributed by atoms with Crippen LogP contribution in [0.25, 0.3) is 10.4 Å². The van der Waals surface area contributed by atoms with Crippen LogP contribution >= 0.6 is 22.6 Å². The van der Waals surface area contributed by atoms with Gasteiger partial charge in [-0.3, -0.25) is 4.79 Å². The number of alkyl halides is 1. The number of β-lactam (4-membered cyclic amide) rings is 1. The average Bonchev–Trinajstić information content (AvgIpc) is 2.55. The summed E-state index contributed by atoms with van der Waals surface area (Å²) in [7, 11) is 0. The highest BCUT2D eigenvalue weighted by molar-refractivity contribution is 14.1. The Balaban J connectivity index is 1.96. The summed E-state index contributed by atoms with van der Waals surface area (Å²) in [5.74, 6) is -1.49. The number of carbonyl (C=O) groups excluding carboxylic acids is 2. The second-order valence-electron chi connectivity index (χ2n) is 4.58. The van der Waals surface area contributed by atoms with Crippen molar-refractivity contribution in [1.82, 2.24) is 4.90 Å².